The second-order valence-electron chi connectivity index (χ2n) is 9.54. The number of carbonyl (C=O) groups is 3. The minimum atomic E-state index is -0.655. The van der Waals surface area contributed by atoms with Gasteiger partial charge in [-0.2, -0.15) is 0 Å². The Balaban J connectivity index is 1.24. The third-order valence-electron chi connectivity index (χ3n) is 7.75. The number of imide groups is 1. The van der Waals surface area contributed by atoms with Gasteiger partial charge in [0, 0.05) is 10.6 Å². The Hall–Kier alpha value is -3.05. The van der Waals surface area contributed by atoms with E-state index in [2.05, 4.69) is 12.2 Å². The van der Waals surface area contributed by atoms with Crippen molar-refractivity contribution in [2.45, 2.75) is 13.3 Å². The van der Waals surface area contributed by atoms with Gasteiger partial charge in [0.2, 0.25) is 11.8 Å². The number of amides is 2. The molecule has 6 atom stereocenters. The van der Waals surface area contributed by atoms with E-state index in [9.17, 15) is 14.4 Å². The van der Waals surface area contributed by atoms with Gasteiger partial charge < -0.3 is 0 Å². The van der Waals surface area contributed by atoms with Gasteiger partial charge in [-0.1, -0.05) is 35.9 Å². The van der Waals surface area contributed by atoms with Crippen molar-refractivity contribution in [3.63, 3.8) is 0 Å². The van der Waals surface area contributed by atoms with E-state index in [-0.39, 0.29) is 47.0 Å². The summed E-state index contributed by atoms with van der Waals surface area (Å²) in [6, 6.07) is 9.33. The van der Waals surface area contributed by atoms with Crippen molar-refractivity contribution in [1.29, 1.82) is 0 Å². The Morgan fingerprint density at radius 2 is 1.70 bits per heavy atom. The molecule has 3 fully saturated rings. The Morgan fingerprint density at radius 1 is 1.03 bits per heavy atom. The molecule has 0 aromatic heterocycles. The van der Waals surface area contributed by atoms with Gasteiger partial charge in [0.25, 0.3) is 0 Å². The topological polar surface area (TPSA) is 54.5 Å². The molecular formula is C27H21ClFNO3. The second kappa shape index (κ2) is 7.22. The van der Waals surface area contributed by atoms with Crippen LogP contribution in [-0.2, 0) is 9.59 Å². The van der Waals surface area contributed by atoms with E-state index in [0.29, 0.717) is 28.0 Å². The summed E-state index contributed by atoms with van der Waals surface area (Å²) in [5, 5.41) is 0.583. The average Bonchev–Trinajstić information content (AvgIpc) is 3.58. The average molecular weight is 462 g/mol. The summed E-state index contributed by atoms with van der Waals surface area (Å²) in [5.74, 6) is -0.998. The van der Waals surface area contributed by atoms with Crippen molar-refractivity contribution in [2.24, 2.45) is 35.5 Å². The minimum Gasteiger partial charge on any atom is -0.289 e. The van der Waals surface area contributed by atoms with Crippen LogP contribution >= 0.6 is 11.6 Å². The predicted molar refractivity (Wildman–Crippen MR) is 123 cm³/mol. The number of benzene rings is 2. The molecule has 2 amide bonds. The first-order valence-electron chi connectivity index (χ1n) is 11.2. The molecular weight excluding hydrogens is 441 g/mol. The molecule has 166 valence electrons. The molecule has 2 aromatic carbocycles. The number of allylic oxidation sites excluding steroid dienone is 3. The zero-order valence-corrected chi connectivity index (χ0v) is 18.6. The quantitative estimate of drug-likeness (QED) is 0.271. The van der Waals surface area contributed by atoms with Crippen LogP contribution in [0.1, 0.15) is 27.9 Å². The highest BCUT2D eigenvalue weighted by atomic mass is 35.5. The molecule has 0 radical (unpaired) electrons. The summed E-state index contributed by atoms with van der Waals surface area (Å²) in [4.78, 5) is 39.9. The lowest BCUT2D eigenvalue weighted by Gasteiger charge is -2.37. The van der Waals surface area contributed by atoms with Crippen molar-refractivity contribution < 1.29 is 18.8 Å². The zero-order chi connectivity index (χ0) is 23.0. The maximum absolute atomic E-state index is 15.1. The lowest BCUT2D eigenvalue weighted by Crippen LogP contribution is -2.40. The highest BCUT2D eigenvalue weighted by molar-refractivity contribution is 6.31. The molecule has 2 saturated carbocycles. The van der Waals surface area contributed by atoms with Crippen molar-refractivity contribution >= 4 is 41.0 Å². The van der Waals surface area contributed by atoms with Gasteiger partial charge in [0.1, 0.15) is 5.82 Å². The third kappa shape index (κ3) is 3.06. The van der Waals surface area contributed by atoms with Crippen LogP contribution in [0.4, 0.5) is 10.1 Å². The third-order valence-corrected chi connectivity index (χ3v) is 8.17. The first-order chi connectivity index (χ1) is 15.8. The molecule has 6 heteroatoms. The van der Waals surface area contributed by atoms with E-state index in [1.165, 1.54) is 24.3 Å². The predicted octanol–water partition coefficient (Wildman–Crippen LogP) is 5.24. The van der Waals surface area contributed by atoms with Gasteiger partial charge in [-0.15, -0.1) is 0 Å². The SMILES string of the molecule is Cc1cc(C(=O)/C=C/c2ccc(N3C(=O)[C@@H]4[C@H](C3=O)C3C=C[C@H]4C4C[C@@H]34)c(F)c2)ccc1Cl. The van der Waals surface area contributed by atoms with E-state index in [0.717, 1.165) is 16.9 Å². The Morgan fingerprint density at radius 3 is 2.30 bits per heavy atom. The van der Waals surface area contributed by atoms with Crippen LogP contribution < -0.4 is 4.90 Å². The number of anilines is 1. The number of aryl methyl sites for hydroxylation is 1. The zero-order valence-electron chi connectivity index (χ0n) is 17.9. The number of rotatable bonds is 4. The number of nitrogens with zero attached hydrogens (tertiary/aromatic N) is 1. The van der Waals surface area contributed by atoms with E-state index < -0.39 is 5.82 Å². The fourth-order valence-electron chi connectivity index (χ4n) is 6.07. The first kappa shape index (κ1) is 20.5. The molecule has 33 heavy (non-hydrogen) atoms. The molecule has 0 N–H and O–H groups in total. The van der Waals surface area contributed by atoms with Crippen molar-refractivity contribution in [2.75, 3.05) is 4.90 Å². The minimum absolute atomic E-state index is 0.00993. The molecule has 2 bridgehead atoms. The molecule has 1 heterocycles. The molecule has 4 aliphatic carbocycles. The van der Waals surface area contributed by atoms with Crippen molar-refractivity contribution in [3.05, 3.63) is 82.2 Å². The monoisotopic (exact) mass is 461 g/mol. The van der Waals surface area contributed by atoms with Crippen molar-refractivity contribution in [3.8, 4) is 0 Å². The van der Waals surface area contributed by atoms with Crippen molar-refractivity contribution in [1.82, 2.24) is 0 Å². The van der Waals surface area contributed by atoms with Crippen LogP contribution in [-0.4, -0.2) is 17.6 Å². The van der Waals surface area contributed by atoms with Crippen LogP contribution in [0.15, 0.2) is 54.6 Å². The molecule has 4 nitrogen and oxygen atoms in total. The smallest absolute Gasteiger partial charge is 0.238 e. The lowest BCUT2D eigenvalue weighted by molar-refractivity contribution is -0.124. The second-order valence-corrected chi connectivity index (χ2v) is 9.95. The van der Waals surface area contributed by atoms with E-state index in [1.54, 1.807) is 24.3 Å². The number of carbonyl (C=O) groups excluding carboxylic acids is 3. The molecule has 7 rings (SSSR count). The molecule has 0 spiro atoms. The molecule has 2 aromatic rings. The largest absolute Gasteiger partial charge is 0.289 e. The number of halogens is 2. The standard InChI is InChI=1S/C27H21ClFNO3/c1-13-10-15(4-7-20(13)28)23(31)9-3-14-2-8-22(21(29)11-14)30-26(32)24-16-5-6-17(19-12-18(16)19)25(24)27(30)33/h2-11,16-19,24-25H,12H2,1H3/b9-3+/t16-,17?,18?,19-,24-,25+/m0/s1. The van der Waals surface area contributed by atoms with E-state index in [1.807, 2.05) is 6.92 Å². The fraction of sp³-hybridized carbons (Fsp3) is 0.296. The summed E-state index contributed by atoms with van der Waals surface area (Å²) in [7, 11) is 0. The summed E-state index contributed by atoms with van der Waals surface area (Å²) >= 11 is 6.01. The molecule has 1 aliphatic heterocycles. The van der Waals surface area contributed by atoms with E-state index >= 15 is 4.39 Å². The maximum Gasteiger partial charge on any atom is 0.238 e. The van der Waals surface area contributed by atoms with Gasteiger partial charge >= 0.3 is 0 Å². The molecule has 5 aliphatic rings. The van der Waals surface area contributed by atoms with Crippen LogP contribution in [0.3, 0.4) is 0 Å². The van der Waals surface area contributed by atoms with Crippen LogP contribution in [0.2, 0.25) is 5.02 Å². The lowest BCUT2D eigenvalue weighted by atomic mass is 9.63. The van der Waals surface area contributed by atoms with Gasteiger partial charge in [-0.05, 0) is 84.6 Å². The maximum atomic E-state index is 15.1. The Kier molecular flexibility index (Phi) is 4.50. The van der Waals surface area contributed by atoms with Crippen LogP contribution in [0, 0.1) is 48.2 Å². The molecule has 2 unspecified atom stereocenters. The molecule has 1 saturated heterocycles. The Labute approximate surface area is 195 Å². The number of hydrogen-bond acceptors (Lipinski definition) is 3. The summed E-state index contributed by atoms with van der Waals surface area (Å²) in [6.07, 6.45) is 8.16. The fourth-order valence-corrected chi connectivity index (χ4v) is 6.19. The van der Waals surface area contributed by atoms with E-state index in [4.69, 9.17) is 11.6 Å². The van der Waals surface area contributed by atoms with Crippen LogP contribution in [0.25, 0.3) is 6.08 Å². The highest BCUT2D eigenvalue weighted by Gasteiger charge is 2.67. The summed E-state index contributed by atoms with van der Waals surface area (Å²) in [6.45, 7) is 1.82. The summed E-state index contributed by atoms with van der Waals surface area (Å²) in [5.41, 5.74) is 1.74. The normalized spacial score (nSPS) is 31.3. The Bertz CT molecular complexity index is 1260. The van der Waals surface area contributed by atoms with Gasteiger partial charge in [0.05, 0.1) is 17.5 Å². The van der Waals surface area contributed by atoms with Gasteiger partial charge in [-0.25, -0.2) is 9.29 Å². The van der Waals surface area contributed by atoms with Gasteiger partial charge in [0.15, 0.2) is 5.78 Å². The number of hydrogen-bond donors (Lipinski definition) is 0. The summed E-state index contributed by atoms with van der Waals surface area (Å²) < 4.78 is 15.1. The van der Waals surface area contributed by atoms with Gasteiger partial charge in [-0.3, -0.25) is 14.4 Å². The van der Waals surface area contributed by atoms with Crippen LogP contribution in [0.5, 0.6) is 0 Å². The highest BCUT2D eigenvalue weighted by Crippen LogP contribution is 2.65. The number of ketones is 1. The first-order valence-corrected chi connectivity index (χ1v) is 11.6.